The van der Waals surface area contributed by atoms with Crippen LogP contribution in [0.4, 0.5) is 0 Å². The average molecular weight is 200 g/mol. The summed E-state index contributed by atoms with van der Waals surface area (Å²) in [5.74, 6) is 0.965. The zero-order valence-electron chi connectivity index (χ0n) is 7.48. The molecule has 1 rings (SSSR count). The maximum absolute atomic E-state index is 10.4. The molecule has 0 radical (unpaired) electrons. The lowest BCUT2D eigenvalue weighted by Gasteiger charge is -2.17. The topological polar surface area (TPSA) is 49.7 Å². The number of aliphatic imine (C=N–C) groups is 1. The highest BCUT2D eigenvalue weighted by Crippen LogP contribution is 2.09. The van der Waals surface area contributed by atoms with E-state index in [0.717, 1.165) is 25.3 Å². The van der Waals surface area contributed by atoms with Crippen molar-refractivity contribution in [3.63, 3.8) is 0 Å². The summed E-state index contributed by atoms with van der Waals surface area (Å²) in [5.41, 5.74) is 0. The number of rotatable bonds is 5. The van der Waals surface area contributed by atoms with Crippen LogP contribution in [0.1, 0.15) is 6.42 Å². The van der Waals surface area contributed by atoms with Crippen LogP contribution < -0.4 is 0 Å². The highest BCUT2D eigenvalue weighted by Gasteiger charge is 2.15. The monoisotopic (exact) mass is 200 g/mol. The number of nitrogens with zero attached hydrogens (tertiary/aromatic N) is 2. The van der Waals surface area contributed by atoms with Crippen molar-refractivity contribution < 1.29 is 9.13 Å². The van der Waals surface area contributed by atoms with Gasteiger partial charge in [0.25, 0.3) is 0 Å². The van der Waals surface area contributed by atoms with Crippen molar-refractivity contribution in [2.24, 2.45) is 4.99 Å². The van der Waals surface area contributed by atoms with E-state index >= 15 is 0 Å². The minimum absolute atomic E-state index is 0.214. The molecule has 0 amide bonds. The Bertz CT molecular complexity index is 276. The second-order valence-corrected chi connectivity index (χ2v) is 3.95. The van der Waals surface area contributed by atoms with Crippen molar-refractivity contribution in [2.75, 3.05) is 25.8 Å². The standard InChI is InChI=1S/C8H13N2O2P/c1-2-3-8-9-4-5-10(8)6-7-13(11)12/h2H,1,3-7H2. The van der Waals surface area contributed by atoms with Gasteiger partial charge in [0, 0.05) is 19.5 Å². The largest absolute Gasteiger partial charge is 0.357 e. The van der Waals surface area contributed by atoms with Crippen molar-refractivity contribution in [1.82, 2.24) is 4.90 Å². The first-order chi connectivity index (χ1) is 6.24. The Morgan fingerprint density at radius 3 is 3.00 bits per heavy atom. The Morgan fingerprint density at radius 2 is 2.38 bits per heavy atom. The molecule has 0 saturated carbocycles. The minimum atomic E-state index is -2.27. The number of hydrogen-bond acceptors (Lipinski definition) is 4. The third kappa shape index (κ3) is 3.15. The molecule has 0 unspecified atom stereocenters. The van der Waals surface area contributed by atoms with Gasteiger partial charge in [-0.2, -0.15) is 0 Å². The zero-order valence-corrected chi connectivity index (χ0v) is 8.37. The maximum atomic E-state index is 10.4. The normalized spacial score (nSPS) is 15.7. The number of hydrogen-bond donors (Lipinski definition) is 0. The second-order valence-electron chi connectivity index (χ2n) is 2.83. The Balaban J connectivity index is 2.41. The van der Waals surface area contributed by atoms with Crippen LogP contribution in [0.5, 0.6) is 0 Å². The second kappa shape index (κ2) is 4.97. The summed E-state index contributed by atoms with van der Waals surface area (Å²) in [5, 5.41) is 0. The van der Waals surface area contributed by atoms with Gasteiger partial charge in [0.05, 0.1) is 12.7 Å². The summed E-state index contributed by atoms with van der Waals surface area (Å²) < 4.78 is 20.7. The lowest BCUT2D eigenvalue weighted by Crippen LogP contribution is -2.29. The molecule has 0 aromatic rings. The Labute approximate surface area is 78.2 Å². The highest BCUT2D eigenvalue weighted by atomic mass is 31.1. The van der Waals surface area contributed by atoms with E-state index in [1.807, 2.05) is 4.90 Å². The summed E-state index contributed by atoms with van der Waals surface area (Å²) in [4.78, 5) is 6.27. The van der Waals surface area contributed by atoms with Crippen molar-refractivity contribution in [3.05, 3.63) is 12.7 Å². The molecule has 0 aromatic carbocycles. The number of amidine groups is 1. The smallest absolute Gasteiger partial charge is 0.317 e. The predicted octanol–water partition coefficient (Wildman–Crippen LogP) is 1.45. The van der Waals surface area contributed by atoms with Crippen LogP contribution in [0.25, 0.3) is 0 Å². The first-order valence-electron chi connectivity index (χ1n) is 4.25. The minimum Gasteiger partial charge on any atom is -0.357 e. The van der Waals surface area contributed by atoms with Gasteiger partial charge in [0.2, 0.25) is 0 Å². The SMILES string of the molecule is C=CCC1=NCCN1CCP(=O)=O. The van der Waals surface area contributed by atoms with E-state index in [0.29, 0.717) is 6.54 Å². The molecule has 4 nitrogen and oxygen atoms in total. The zero-order chi connectivity index (χ0) is 9.68. The van der Waals surface area contributed by atoms with Gasteiger partial charge in [-0.3, -0.25) is 4.99 Å². The van der Waals surface area contributed by atoms with Crippen LogP contribution in [0.3, 0.4) is 0 Å². The van der Waals surface area contributed by atoms with Crippen molar-refractivity contribution >= 4 is 13.5 Å². The van der Waals surface area contributed by atoms with Crippen LogP contribution in [0, 0.1) is 0 Å². The fourth-order valence-electron chi connectivity index (χ4n) is 1.29. The Morgan fingerprint density at radius 1 is 1.62 bits per heavy atom. The van der Waals surface area contributed by atoms with Crippen LogP contribution in [-0.2, 0) is 9.13 Å². The molecule has 0 spiro atoms. The van der Waals surface area contributed by atoms with Crippen LogP contribution in [-0.4, -0.2) is 36.5 Å². The van der Waals surface area contributed by atoms with Crippen LogP contribution in [0.15, 0.2) is 17.6 Å². The fourth-order valence-corrected chi connectivity index (χ4v) is 1.70. The Hall–Kier alpha value is -0.890. The van der Waals surface area contributed by atoms with Gasteiger partial charge in [0.1, 0.15) is 5.84 Å². The quantitative estimate of drug-likeness (QED) is 0.498. The van der Waals surface area contributed by atoms with E-state index in [1.165, 1.54) is 0 Å². The summed E-state index contributed by atoms with van der Waals surface area (Å²) >= 11 is 0. The molecule has 0 aliphatic carbocycles. The molecule has 72 valence electrons. The van der Waals surface area contributed by atoms with E-state index in [-0.39, 0.29) is 6.16 Å². The van der Waals surface area contributed by atoms with Gasteiger partial charge in [-0.1, -0.05) is 6.08 Å². The molecule has 0 N–H and O–H groups in total. The summed E-state index contributed by atoms with van der Waals surface area (Å²) in [6, 6.07) is 0. The van der Waals surface area contributed by atoms with Crippen LogP contribution in [0.2, 0.25) is 0 Å². The van der Waals surface area contributed by atoms with Gasteiger partial charge in [-0.15, -0.1) is 6.58 Å². The van der Waals surface area contributed by atoms with Gasteiger partial charge in [-0.05, 0) is 0 Å². The first kappa shape index (κ1) is 10.2. The van der Waals surface area contributed by atoms with Gasteiger partial charge < -0.3 is 4.90 Å². The summed E-state index contributed by atoms with van der Waals surface area (Å²) in [6.07, 6.45) is 2.73. The van der Waals surface area contributed by atoms with Crippen molar-refractivity contribution in [3.8, 4) is 0 Å². The molecule has 1 aliphatic heterocycles. The van der Waals surface area contributed by atoms with Gasteiger partial charge in [0.15, 0.2) is 0 Å². The third-order valence-corrected chi connectivity index (χ3v) is 2.47. The molecule has 13 heavy (non-hydrogen) atoms. The maximum Gasteiger partial charge on any atom is 0.317 e. The van der Waals surface area contributed by atoms with E-state index in [4.69, 9.17) is 0 Å². The molecular weight excluding hydrogens is 187 g/mol. The van der Waals surface area contributed by atoms with E-state index in [1.54, 1.807) is 6.08 Å². The Kier molecular flexibility index (Phi) is 3.90. The molecule has 1 aliphatic rings. The van der Waals surface area contributed by atoms with Crippen LogP contribution >= 0.6 is 7.68 Å². The van der Waals surface area contributed by atoms with Crippen molar-refractivity contribution in [2.45, 2.75) is 6.42 Å². The van der Waals surface area contributed by atoms with Gasteiger partial charge in [-0.25, -0.2) is 9.13 Å². The third-order valence-electron chi connectivity index (χ3n) is 1.91. The first-order valence-corrected chi connectivity index (χ1v) is 5.61. The molecule has 1 heterocycles. The van der Waals surface area contributed by atoms with Gasteiger partial charge >= 0.3 is 7.68 Å². The van der Waals surface area contributed by atoms with Crippen molar-refractivity contribution in [1.29, 1.82) is 0 Å². The molecule has 0 aromatic heterocycles. The summed E-state index contributed by atoms with van der Waals surface area (Å²) in [7, 11) is -2.27. The van der Waals surface area contributed by atoms with E-state index in [2.05, 4.69) is 11.6 Å². The molecular formula is C8H13N2O2P. The summed E-state index contributed by atoms with van der Waals surface area (Å²) in [6.45, 7) is 5.80. The highest BCUT2D eigenvalue weighted by molar-refractivity contribution is 7.30. The molecule has 0 atom stereocenters. The van der Waals surface area contributed by atoms with E-state index in [9.17, 15) is 9.13 Å². The predicted molar refractivity (Wildman–Crippen MR) is 51.8 cm³/mol. The lowest BCUT2D eigenvalue weighted by atomic mass is 10.3. The fraction of sp³-hybridized carbons (Fsp3) is 0.625. The average Bonchev–Trinajstić information content (AvgIpc) is 2.49. The molecule has 0 saturated heterocycles. The molecule has 0 fully saturated rings. The molecule has 5 heteroatoms. The van der Waals surface area contributed by atoms with E-state index < -0.39 is 7.68 Å². The molecule has 0 bridgehead atoms. The lowest BCUT2D eigenvalue weighted by molar-refractivity contribution is 0.465.